The van der Waals surface area contributed by atoms with Gasteiger partial charge in [-0.05, 0) is 38.2 Å². The first-order valence-electron chi connectivity index (χ1n) is 4.60. The fourth-order valence-electron chi connectivity index (χ4n) is 1.86. The molecular weight excluding hydrogens is 152 g/mol. The van der Waals surface area contributed by atoms with E-state index in [4.69, 9.17) is 4.74 Å². The SMILES string of the molecule is CC1=CCC(C2(C)CO2)C[C@@H]1O. The Morgan fingerprint density at radius 1 is 1.67 bits per heavy atom. The van der Waals surface area contributed by atoms with Crippen LogP contribution in [0.2, 0.25) is 0 Å². The molecule has 0 radical (unpaired) electrons. The average molecular weight is 168 g/mol. The van der Waals surface area contributed by atoms with Crippen LogP contribution in [0.1, 0.15) is 26.7 Å². The molecule has 0 aromatic heterocycles. The van der Waals surface area contributed by atoms with Gasteiger partial charge >= 0.3 is 0 Å². The number of epoxide rings is 1. The van der Waals surface area contributed by atoms with Gasteiger partial charge in [-0.15, -0.1) is 0 Å². The lowest BCUT2D eigenvalue weighted by molar-refractivity contribution is 0.126. The van der Waals surface area contributed by atoms with Crippen molar-refractivity contribution in [3.05, 3.63) is 11.6 Å². The smallest absolute Gasteiger partial charge is 0.0920 e. The Hall–Kier alpha value is -0.340. The fraction of sp³-hybridized carbons (Fsp3) is 0.800. The lowest BCUT2D eigenvalue weighted by Gasteiger charge is -2.27. The van der Waals surface area contributed by atoms with Crippen molar-refractivity contribution < 1.29 is 9.84 Å². The van der Waals surface area contributed by atoms with Gasteiger partial charge in [0.15, 0.2) is 0 Å². The highest BCUT2D eigenvalue weighted by atomic mass is 16.6. The number of hydrogen-bond acceptors (Lipinski definition) is 2. The molecule has 1 heterocycles. The van der Waals surface area contributed by atoms with E-state index in [1.807, 2.05) is 6.92 Å². The van der Waals surface area contributed by atoms with Crippen molar-refractivity contribution in [2.24, 2.45) is 5.92 Å². The average Bonchev–Trinajstić information content (AvgIpc) is 2.75. The molecule has 0 bridgehead atoms. The normalized spacial score (nSPS) is 47.1. The van der Waals surface area contributed by atoms with E-state index < -0.39 is 0 Å². The number of hydrogen-bond donors (Lipinski definition) is 1. The van der Waals surface area contributed by atoms with Crippen molar-refractivity contribution in [3.63, 3.8) is 0 Å². The summed E-state index contributed by atoms with van der Waals surface area (Å²) in [5.41, 5.74) is 1.20. The predicted octanol–water partition coefficient (Wildman–Crippen LogP) is 1.49. The van der Waals surface area contributed by atoms with Gasteiger partial charge in [-0.2, -0.15) is 0 Å². The molecule has 2 heteroatoms. The summed E-state index contributed by atoms with van der Waals surface area (Å²) in [6, 6.07) is 0. The number of rotatable bonds is 1. The van der Waals surface area contributed by atoms with Gasteiger partial charge in [0.05, 0.1) is 18.3 Å². The van der Waals surface area contributed by atoms with Crippen molar-refractivity contribution in [3.8, 4) is 0 Å². The quantitative estimate of drug-likeness (QED) is 0.475. The largest absolute Gasteiger partial charge is 0.389 e. The lowest BCUT2D eigenvalue weighted by atomic mass is 9.80. The maximum Gasteiger partial charge on any atom is 0.0920 e. The van der Waals surface area contributed by atoms with Gasteiger partial charge < -0.3 is 9.84 Å². The summed E-state index contributed by atoms with van der Waals surface area (Å²) in [7, 11) is 0. The van der Waals surface area contributed by atoms with Crippen molar-refractivity contribution >= 4 is 0 Å². The van der Waals surface area contributed by atoms with E-state index in [2.05, 4.69) is 13.0 Å². The van der Waals surface area contributed by atoms with Gasteiger partial charge in [0.25, 0.3) is 0 Å². The molecule has 2 unspecified atom stereocenters. The third-order valence-corrected chi connectivity index (χ3v) is 3.22. The molecule has 2 nitrogen and oxygen atoms in total. The van der Waals surface area contributed by atoms with Gasteiger partial charge in [-0.1, -0.05) is 6.08 Å². The van der Waals surface area contributed by atoms with Gasteiger partial charge in [-0.3, -0.25) is 0 Å². The van der Waals surface area contributed by atoms with E-state index in [9.17, 15) is 5.11 Å². The summed E-state index contributed by atoms with van der Waals surface area (Å²) >= 11 is 0. The van der Waals surface area contributed by atoms with Crippen LogP contribution in [0.3, 0.4) is 0 Å². The first-order chi connectivity index (χ1) is 5.62. The highest BCUT2D eigenvalue weighted by molar-refractivity contribution is 5.13. The van der Waals surface area contributed by atoms with Gasteiger partial charge in [0.2, 0.25) is 0 Å². The highest BCUT2D eigenvalue weighted by Gasteiger charge is 2.47. The molecule has 1 aliphatic carbocycles. The minimum atomic E-state index is -0.232. The molecule has 1 N–H and O–H groups in total. The Labute approximate surface area is 73.2 Å². The number of aliphatic hydroxyl groups is 1. The van der Waals surface area contributed by atoms with Crippen LogP contribution in [0.4, 0.5) is 0 Å². The Bertz CT molecular complexity index is 216. The Morgan fingerprint density at radius 3 is 2.83 bits per heavy atom. The third-order valence-electron chi connectivity index (χ3n) is 3.22. The molecular formula is C10H16O2. The van der Waals surface area contributed by atoms with Crippen LogP contribution >= 0.6 is 0 Å². The molecule has 2 rings (SSSR count). The molecule has 2 aliphatic rings. The van der Waals surface area contributed by atoms with Crippen molar-refractivity contribution in [1.29, 1.82) is 0 Å². The predicted molar refractivity (Wildman–Crippen MR) is 46.8 cm³/mol. The summed E-state index contributed by atoms with van der Waals surface area (Å²) in [6.07, 6.45) is 3.86. The third kappa shape index (κ3) is 1.29. The van der Waals surface area contributed by atoms with E-state index in [0.717, 1.165) is 25.0 Å². The van der Waals surface area contributed by atoms with Gasteiger partial charge in [-0.25, -0.2) is 0 Å². The highest BCUT2D eigenvalue weighted by Crippen LogP contribution is 2.42. The summed E-state index contributed by atoms with van der Waals surface area (Å²) in [5, 5.41) is 9.62. The van der Waals surface area contributed by atoms with E-state index in [1.54, 1.807) is 0 Å². The van der Waals surface area contributed by atoms with Crippen LogP contribution in [0.5, 0.6) is 0 Å². The van der Waals surface area contributed by atoms with Crippen molar-refractivity contribution in [2.75, 3.05) is 6.61 Å². The molecule has 12 heavy (non-hydrogen) atoms. The molecule has 0 aromatic rings. The zero-order valence-corrected chi connectivity index (χ0v) is 7.71. The zero-order valence-electron chi connectivity index (χ0n) is 7.71. The first kappa shape index (κ1) is 8.27. The maximum atomic E-state index is 9.62. The number of ether oxygens (including phenoxy) is 1. The molecule has 0 amide bonds. The molecule has 68 valence electrons. The molecule has 0 aromatic carbocycles. The van der Waals surface area contributed by atoms with Crippen LogP contribution in [0.25, 0.3) is 0 Å². The van der Waals surface area contributed by atoms with Crippen LogP contribution < -0.4 is 0 Å². The standard InChI is InChI=1S/C10H16O2/c1-7-3-4-8(5-9(7)11)10(2)6-12-10/h3,8-9,11H,4-6H2,1-2H3/t8?,9-,10?/m0/s1. The minimum Gasteiger partial charge on any atom is -0.389 e. The first-order valence-corrected chi connectivity index (χ1v) is 4.60. The van der Waals surface area contributed by atoms with E-state index in [-0.39, 0.29) is 11.7 Å². The van der Waals surface area contributed by atoms with Gasteiger partial charge in [0, 0.05) is 0 Å². The number of aliphatic hydroxyl groups excluding tert-OH is 1. The summed E-state index contributed by atoms with van der Waals surface area (Å²) in [4.78, 5) is 0. The lowest BCUT2D eigenvalue weighted by Crippen LogP contribution is -2.28. The van der Waals surface area contributed by atoms with Gasteiger partial charge in [0.1, 0.15) is 0 Å². The maximum absolute atomic E-state index is 9.62. The molecule has 1 saturated heterocycles. The molecule has 1 fully saturated rings. The number of allylic oxidation sites excluding steroid dienone is 1. The van der Waals surface area contributed by atoms with Crippen LogP contribution in [0, 0.1) is 5.92 Å². The van der Waals surface area contributed by atoms with E-state index in [0.29, 0.717) is 5.92 Å². The Morgan fingerprint density at radius 2 is 2.33 bits per heavy atom. The second kappa shape index (κ2) is 2.57. The van der Waals surface area contributed by atoms with Crippen LogP contribution in [-0.2, 0) is 4.74 Å². The molecule has 0 saturated carbocycles. The molecule has 3 atom stereocenters. The van der Waals surface area contributed by atoms with Crippen LogP contribution in [-0.4, -0.2) is 23.4 Å². The second-order valence-corrected chi connectivity index (χ2v) is 4.23. The van der Waals surface area contributed by atoms with Crippen molar-refractivity contribution in [2.45, 2.75) is 38.4 Å². The van der Waals surface area contributed by atoms with E-state index >= 15 is 0 Å². The monoisotopic (exact) mass is 168 g/mol. The summed E-state index contributed by atoms with van der Waals surface area (Å²) in [6.45, 7) is 5.01. The molecule has 0 spiro atoms. The Balaban J connectivity index is 2.04. The topological polar surface area (TPSA) is 32.8 Å². The van der Waals surface area contributed by atoms with Crippen molar-refractivity contribution in [1.82, 2.24) is 0 Å². The molecule has 1 aliphatic heterocycles. The fourth-order valence-corrected chi connectivity index (χ4v) is 1.86. The minimum absolute atomic E-state index is 0.0815. The van der Waals surface area contributed by atoms with Crippen LogP contribution in [0.15, 0.2) is 11.6 Å². The second-order valence-electron chi connectivity index (χ2n) is 4.23. The zero-order chi connectivity index (χ0) is 8.77. The van der Waals surface area contributed by atoms with E-state index in [1.165, 1.54) is 0 Å². The summed E-state index contributed by atoms with van der Waals surface area (Å²) < 4.78 is 5.38. The Kier molecular flexibility index (Phi) is 1.77. The summed E-state index contributed by atoms with van der Waals surface area (Å²) in [5.74, 6) is 0.524.